The molecule has 0 radical (unpaired) electrons. The van der Waals surface area contributed by atoms with Gasteiger partial charge in [0.1, 0.15) is 0 Å². The third-order valence-electron chi connectivity index (χ3n) is 8.80. The maximum Gasteiger partial charge on any atom is 0.303 e. The van der Waals surface area contributed by atoms with Crippen molar-refractivity contribution in [2.24, 2.45) is 4.99 Å². The number of H-pyrrole nitrogens is 2. The number of aromatic nitrogens is 2. The zero-order chi connectivity index (χ0) is 36.2. The third kappa shape index (κ3) is 8.39. The third-order valence-corrected chi connectivity index (χ3v) is 8.80. The van der Waals surface area contributed by atoms with Gasteiger partial charge in [-0.2, -0.15) is 0 Å². The van der Waals surface area contributed by atoms with Crippen LogP contribution in [0.3, 0.4) is 0 Å². The molecule has 0 saturated heterocycles. The Morgan fingerprint density at radius 3 is 1.76 bits per heavy atom. The average Bonchev–Trinajstić information content (AvgIpc) is 3.65. The Morgan fingerprint density at radius 2 is 1.16 bits per heavy atom. The number of aliphatic carboxylic acids is 4. The maximum absolute atomic E-state index is 12.6. The van der Waals surface area contributed by atoms with E-state index in [0.29, 0.717) is 78.0 Å². The molecule has 0 bridgehead atoms. The summed E-state index contributed by atoms with van der Waals surface area (Å²) in [6, 6.07) is 0. The van der Waals surface area contributed by atoms with Gasteiger partial charge in [-0.15, -0.1) is 0 Å². The van der Waals surface area contributed by atoms with Gasteiger partial charge in [0, 0.05) is 64.6 Å². The smallest absolute Gasteiger partial charge is 0.303 e. The van der Waals surface area contributed by atoms with E-state index in [1.165, 1.54) is 0 Å². The zero-order valence-corrected chi connectivity index (χ0v) is 27.6. The number of carboxylic acids is 4. The van der Waals surface area contributed by atoms with Gasteiger partial charge in [-0.05, 0) is 105 Å². The first-order valence-electron chi connectivity index (χ1n) is 15.6. The molecule has 0 fully saturated rings. The summed E-state index contributed by atoms with van der Waals surface area (Å²) in [4.78, 5) is 81.3. The fraction of sp³-hybridized carbons (Fsp3) is 0.343. The Balaban J connectivity index is 1.87. The number of aromatic amines is 2. The van der Waals surface area contributed by atoms with E-state index >= 15 is 0 Å². The molecular weight excluding hydrogens is 636 g/mol. The molecule has 14 heteroatoms. The van der Waals surface area contributed by atoms with Crippen LogP contribution in [-0.4, -0.2) is 71.8 Å². The lowest BCUT2D eigenvalue weighted by Gasteiger charge is -2.05. The van der Waals surface area contributed by atoms with Crippen molar-refractivity contribution in [1.82, 2.24) is 15.3 Å². The summed E-state index contributed by atoms with van der Waals surface area (Å²) < 4.78 is 0. The van der Waals surface area contributed by atoms with Crippen molar-refractivity contribution in [2.75, 3.05) is 0 Å². The van der Waals surface area contributed by atoms with Crippen molar-refractivity contribution < 1.29 is 49.2 Å². The van der Waals surface area contributed by atoms with E-state index in [4.69, 9.17) is 5.11 Å². The van der Waals surface area contributed by atoms with Gasteiger partial charge in [0.05, 0.1) is 5.71 Å². The van der Waals surface area contributed by atoms with Gasteiger partial charge >= 0.3 is 23.9 Å². The topological polar surface area (TPSA) is 239 Å². The Hall–Kier alpha value is -5.79. The molecule has 4 heterocycles. The molecule has 0 aliphatic carbocycles. The highest BCUT2D eigenvalue weighted by atomic mass is 16.4. The van der Waals surface area contributed by atoms with E-state index in [1.807, 2.05) is 0 Å². The Kier molecular flexibility index (Phi) is 11.0. The molecule has 0 aromatic carbocycles. The lowest BCUT2D eigenvalue weighted by molar-refractivity contribution is -0.138. The molecule has 2 aliphatic heterocycles. The number of hydrogen-bond donors (Lipinski definition) is 7. The second-order valence-electron chi connectivity index (χ2n) is 12.0. The van der Waals surface area contributed by atoms with Crippen LogP contribution in [0.4, 0.5) is 0 Å². The summed E-state index contributed by atoms with van der Waals surface area (Å²) in [6.45, 7) is 6.92. The van der Waals surface area contributed by atoms with Crippen molar-refractivity contribution in [3.63, 3.8) is 0 Å². The van der Waals surface area contributed by atoms with Gasteiger partial charge in [-0.1, -0.05) is 0 Å². The molecule has 14 nitrogen and oxygen atoms in total. The fourth-order valence-corrected chi connectivity index (χ4v) is 5.98. The fourth-order valence-electron chi connectivity index (χ4n) is 5.98. The number of nitrogens with zero attached hydrogens (tertiary/aromatic N) is 1. The van der Waals surface area contributed by atoms with E-state index in [-0.39, 0.29) is 57.3 Å². The van der Waals surface area contributed by atoms with Gasteiger partial charge in [-0.3, -0.25) is 28.8 Å². The quantitative estimate of drug-likeness (QED) is 0.146. The Labute approximate surface area is 280 Å². The van der Waals surface area contributed by atoms with Crippen LogP contribution in [0.5, 0.6) is 0 Å². The summed E-state index contributed by atoms with van der Waals surface area (Å²) in [5.74, 6) is -4.89. The number of aliphatic imine (C=N–C) groups is 1. The van der Waals surface area contributed by atoms with Crippen molar-refractivity contribution in [2.45, 2.75) is 79.1 Å². The van der Waals surface area contributed by atoms with Crippen molar-refractivity contribution in [3.05, 3.63) is 72.3 Å². The molecule has 258 valence electrons. The minimum absolute atomic E-state index is 0.0390. The molecule has 4 rings (SSSR count). The number of rotatable bonds is 15. The highest BCUT2D eigenvalue weighted by Gasteiger charge is 2.26. The minimum atomic E-state index is -1.03. The first kappa shape index (κ1) is 36.1. The van der Waals surface area contributed by atoms with Crippen LogP contribution in [-0.2, 0) is 41.6 Å². The summed E-state index contributed by atoms with van der Waals surface area (Å²) in [6.07, 6.45) is 4.87. The first-order chi connectivity index (χ1) is 23.1. The molecule has 0 atom stereocenters. The second-order valence-corrected chi connectivity index (χ2v) is 12.0. The molecule has 7 N–H and O–H groups in total. The standard InChI is InChI=1S/C35H38N4O10/c1-16-20(5-9-30(40)41)27(36-24(16)13-26-18(3)23(35(49)38-26)8-12-33(46)47)15-28-21(6-10-31(42)43)17(2)25(37-28)14-29-22(7-11-32(44)45)19(4)34(48)39-29/h13-15,36-37H,5-12H2,1-4H3,(H,39,48)(H,40,41)(H,42,43)(H,44,45)(H,46,47). The van der Waals surface area contributed by atoms with Crippen LogP contribution in [0.15, 0.2) is 33.0 Å². The van der Waals surface area contributed by atoms with Crippen LogP contribution in [0, 0.1) is 13.8 Å². The summed E-state index contributed by atoms with van der Waals surface area (Å²) in [7, 11) is 0. The first-order valence-corrected chi connectivity index (χ1v) is 15.6. The second kappa shape index (κ2) is 15.0. The molecule has 2 aromatic heterocycles. The Bertz CT molecular complexity index is 2030. The lowest BCUT2D eigenvalue weighted by Crippen LogP contribution is -2.15. The van der Waals surface area contributed by atoms with Crippen LogP contribution in [0.1, 0.15) is 86.0 Å². The van der Waals surface area contributed by atoms with Gasteiger partial charge in [-0.25, -0.2) is 4.99 Å². The largest absolute Gasteiger partial charge is 0.481 e. The van der Waals surface area contributed by atoms with Crippen LogP contribution < -0.4 is 16.0 Å². The Morgan fingerprint density at radius 1 is 0.612 bits per heavy atom. The molecule has 2 aliphatic rings. The summed E-state index contributed by atoms with van der Waals surface area (Å²) in [5.41, 5.74) is 6.56. The molecular formula is C35H38N4O10. The number of carboxylic acid groups (broad SMARTS) is 4. The monoisotopic (exact) mass is 674 g/mol. The van der Waals surface area contributed by atoms with Crippen molar-refractivity contribution >= 4 is 59.6 Å². The minimum Gasteiger partial charge on any atom is -0.481 e. The van der Waals surface area contributed by atoms with E-state index in [1.54, 1.807) is 45.9 Å². The van der Waals surface area contributed by atoms with Gasteiger partial charge in [0.25, 0.3) is 11.8 Å². The van der Waals surface area contributed by atoms with Gasteiger partial charge in [0.2, 0.25) is 0 Å². The molecule has 2 amide bonds. The zero-order valence-electron chi connectivity index (χ0n) is 27.6. The predicted octanol–water partition coefficient (Wildman–Crippen LogP) is 2.42. The predicted molar refractivity (Wildman–Crippen MR) is 178 cm³/mol. The molecule has 2 aromatic rings. The molecule has 0 unspecified atom stereocenters. The number of carbonyl (C=O) groups excluding carboxylic acids is 2. The van der Waals surface area contributed by atoms with Gasteiger partial charge < -0.3 is 35.7 Å². The number of allylic oxidation sites excluding steroid dienone is 2. The lowest BCUT2D eigenvalue weighted by atomic mass is 10.0. The number of carbonyl (C=O) groups is 6. The van der Waals surface area contributed by atoms with E-state index in [9.17, 15) is 44.1 Å². The molecule has 0 saturated carbocycles. The summed E-state index contributed by atoms with van der Waals surface area (Å²) >= 11 is 0. The highest BCUT2D eigenvalue weighted by molar-refractivity contribution is 6.30. The van der Waals surface area contributed by atoms with E-state index < -0.39 is 29.8 Å². The SMILES string of the molecule is CC1=C(CCC(=O)O)C(=O)N=C1C=c1[nH]c(=Cc2[nH]c(C=C3NC(=O)C(C)=C3CCC(=O)O)c(C)c2CCC(=O)O)c(CCC(=O)O)c1C. The van der Waals surface area contributed by atoms with Crippen molar-refractivity contribution in [3.8, 4) is 0 Å². The highest BCUT2D eigenvalue weighted by Crippen LogP contribution is 2.29. The van der Waals surface area contributed by atoms with E-state index in [2.05, 4.69) is 20.3 Å². The maximum atomic E-state index is 12.6. The van der Waals surface area contributed by atoms with Crippen LogP contribution >= 0.6 is 0 Å². The van der Waals surface area contributed by atoms with E-state index in [0.717, 1.165) is 0 Å². The number of amides is 2. The number of hydrogen-bond acceptors (Lipinski definition) is 6. The normalized spacial score (nSPS) is 16.3. The molecule has 0 spiro atoms. The summed E-state index contributed by atoms with van der Waals surface area (Å²) in [5, 5.41) is 41.1. The number of nitrogens with one attached hydrogen (secondary N) is 3. The average molecular weight is 675 g/mol. The molecule has 49 heavy (non-hydrogen) atoms. The van der Waals surface area contributed by atoms with Gasteiger partial charge in [0.15, 0.2) is 0 Å². The van der Waals surface area contributed by atoms with Crippen LogP contribution in [0.2, 0.25) is 0 Å². The van der Waals surface area contributed by atoms with Crippen LogP contribution in [0.25, 0.3) is 18.2 Å². The van der Waals surface area contributed by atoms with Crippen molar-refractivity contribution in [1.29, 1.82) is 0 Å².